The van der Waals surface area contributed by atoms with Crippen LogP contribution in [0.1, 0.15) is 23.6 Å². The number of hydrogen-bond acceptors (Lipinski definition) is 3. The van der Waals surface area contributed by atoms with Crippen molar-refractivity contribution in [1.82, 2.24) is 15.6 Å². The number of ether oxygens (including phenoxy) is 1. The molecule has 134 valence electrons. The molecule has 2 aromatic rings. The summed E-state index contributed by atoms with van der Waals surface area (Å²) in [5.41, 5.74) is 3.71. The minimum Gasteiger partial charge on any atom is -0.489 e. The Morgan fingerprint density at radius 1 is 1.24 bits per heavy atom. The van der Waals surface area contributed by atoms with Gasteiger partial charge in [-0.05, 0) is 62.1 Å². The zero-order chi connectivity index (χ0) is 18.1. The van der Waals surface area contributed by atoms with Crippen molar-refractivity contribution in [3.8, 4) is 5.75 Å². The SMILES string of the molecule is CN=C(NCCc1ccncc1C)NCC(C)Oc1cccc(C)c1. The largest absolute Gasteiger partial charge is 0.489 e. The summed E-state index contributed by atoms with van der Waals surface area (Å²) < 4.78 is 5.93. The molecule has 0 radical (unpaired) electrons. The number of benzene rings is 1. The predicted octanol–water partition coefficient (Wildman–Crippen LogP) is 2.87. The highest BCUT2D eigenvalue weighted by Crippen LogP contribution is 2.13. The van der Waals surface area contributed by atoms with Crippen LogP contribution in [-0.4, -0.2) is 37.2 Å². The number of aliphatic imine (C=N–C) groups is 1. The van der Waals surface area contributed by atoms with Gasteiger partial charge in [-0.25, -0.2) is 0 Å². The van der Waals surface area contributed by atoms with Crippen LogP contribution in [0.4, 0.5) is 0 Å². The summed E-state index contributed by atoms with van der Waals surface area (Å²) in [4.78, 5) is 8.38. The Balaban J connectivity index is 1.73. The highest BCUT2D eigenvalue weighted by molar-refractivity contribution is 5.79. The fourth-order valence-corrected chi connectivity index (χ4v) is 2.52. The fourth-order valence-electron chi connectivity index (χ4n) is 2.52. The summed E-state index contributed by atoms with van der Waals surface area (Å²) in [6.45, 7) is 7.69. The monoisotopic (exact) mass is 340 g/mol. The van der Waals surface area contributed by atoms with Crippen molar-refractivity contribution in [3.63, 3.8) is 0 Å². The molecule has 0 saturated carbocycles. The second kappa shape index (κ2) is 9.67. The third-order valence-corrected chi connectivity index (χ3v) is 3.93. The lowest BCUT2D eigenvalue weighted by molar-refractivity contribution is 0.223. The number of aryl methyl sites for hydroxylation is 2. The lowest BCUT2D eigenvalue weighted by atomic mass is 10.1. The van der Waals surface area contributed by atoms with Gasteiger partial charge in [0.25, 0.3) is 0 Å². The minimum absolute atomic E-state index is 0.0443. The van der Waals surface area contributed by atoms with E-state index >= 15 is 0 Å². The maximum Gasteiger partial charge on any atom is 0.191 e. The molecule has 0 bridgehead atoms. The molecule has 1 atom stereocenters. The molecule has 25 heavy (non-hydrogen) atoms. The number of guanidine groups is 1. The fraction of sp³-hybridized carbons (Fsp3) is 0.400. The summed E-state index contributed by atoms with van der Waals surface area (Å²) in [6, 6.07) is 10.2. The molecule has 1 heterocycles. The van der Waals surface area contributed by atoms with Crippen molar-refractivity contribution in [2.45, 2.75) is 33.3 Å². The number of pyridine rings is 1. The molecule has 5 heteroatoms. The molecule has 0 spiro atoms. The van der Waals surface area contributed by atoms with Crippen molar-refractivity contribution in [3.05, 3.63) is 59.4 Å². The molecule has 0 saturated heterocycles. The van der Waals surface area contributed by atoms with Gasteiger partial charge in [0.2, 0.25) is 0 Å². The Morgan fingerprint density at radius 2 is 2.08 bits per heavy atom. The molecule has 1 aromatic heterocycles. The Labute approximate surface area is 150 Å². The maximum absolute atomic E-state index is 5.93. The predicted molar refractivity (Wildman–Crippen MR) is 103 cm³/mol. The van der Waals surface area contributed by atoms with E-state index in [1.165, 1.54) is 16.7 Å². The Morgan fingerprint density at radius 3 is 2.80 bits per heavy atom. The first-order valence-electron chi connectivity index (χ1n) is 8.66. The van der Waals surface area contributed by atoms with Gasteiger partial charge in [0.05, 0.1) is 6.54 Å². The first kappa shape index (κ1) is 18.8. The average molecular weight is 340 g/mol. The van der Waals surface area contributed by atoms with Crippen LogP contribution in [0.3, 0.4) is 0 Å². The van der Waals surface area contributed by atoms with E-state index in [9.17, 15) is 0 Å². The van der Waals surface area contributed by atoms with Crippen molar-refractivity contribution < 1.29 is 4.74 Å². The van der Waals surface area contributed by atoms with Gasteiger partial charge in [-0.2, -0.15) is 0 Å². The van der Waals surface area contributed by atoms with E-state index in [4.69, 9.17) is 4.74 Å². The van der Waals surface area contributed by atoms with Crippen molar-refractivity contribution in [2.24, 2.45) is 4.99 Å². The summed E-state index contributed by atoms with van der Waals surface area (Å²) >= 11 is 0. The van der Waals surface area contributed by atoms with E-state index in [-0.39, 0.29) is 6.10 Å². The van der Waals surface area contributed by atoms with E-state index in [2.05, 4.69) is 46.6 Å². The number of nitrogens with one attached hydrogen (secondary N) is 2. The number of hydrogen-bond donors (Lipinski definition) is 2. The third-order valence-electron chi connectivity index (χ3n) is 3.93. The van der Waals surface area contributed by atoms with Crippen LogP contribution in [0.25, 0.3) is 0 Å². The zero-order valence-corrected chi connectivity index (χ0v) is 15.5. The van der Waals surface area contributed by atoms with Gasteiger partial charge in [0, 0.05) is 26.0 Å². The number of aromatic nitrogens is 1. The van der Waals surface area contributed by atoms with E-state index in [0.717, 1.165) is 24.7 Å². The second-order valence-corrected chi connectivity index (χ2v) is 6.18. The summed E-state index contributed by atoms with van der Waals surface area (Å²) in [7, 11) is 1.78. The molecule has 0 aliphatic carbocycles. The first-order valence-corrected chi connectivity index (χ1v) is 8.66. The van der Waals surface area contributed by atoms with Crippen LogP contribution in [0.5, 0.6) is 5.75 Å². The lowest BCUT2D eigenvalue weighted by Crippen LogP contribution is -2.42. The molecule has 0 aliphatic heterocycles. The molecule has 1 unspecified atom stereocenters. The van der Waals surface area contributed by atoms with Gasteiger partial charge >= 0.3 is 0 Å². The summed E-state index contributed by atoms with van der Waals surface area (Å²) in [6.07, 6.45) is 4.71. The molecule has 1 aromatic carbocycles. The molecular formula is C20H28N4O. The first-order chi connectivity index (χ1) is 12.1. The Hall–Kier alpha value is -2.56. The standard InChI is InChI=1S/C20H28N4O/c1-15-6-5-7-19(12-15)25-17(3)14-24-20(21-4)23-11-9-18-8-10-22-13-16(18)2/h5-8,10,12-13,17H,9,11,14H2,1-4H3,(H2,21,23,24). The van der Waals surface area contributed by atoms with Gasteiger partial charge in [-0.15, -0.1) is 0 Å². The van der Waals surface area contributed by atoms with Gasteiger partial charge in [0.1, 0.15) is 11.9 Å². The molecule has 0 fully saturated rings. The molecular weight excluding hydrogens is 312 g/mol. The normalized spacial score (nSPS) is 12.6. The second-order valence-electron chi connectivity index (χ2n) is 6.18. The van der Waals surface area contributed by atoms with Crippen LogP contribution in [0.15, 0.2) is 47.7 Å². The van der Waals surface area contributed by atoms with Crippen molar-refractivity contribution in [1.29, 1.82) is 0 Å². The minimum atomic E-state index is 0.0443. The summed E-state index contributed by atoms with van der Waals surface area (Å²) in [5.74, 6) is 1.68. The number of rotatable bonds is 7. The van der Waals surface area contributed by atoms with Gasteiger partial charge in [-0.3, -0.25) is 9.98 Å². The topological polar surface area (TPSA) is 58.5 Å². The highest BCUT2D eigenvalue weighted by Gasteiger charge is 2.06. The average Bonchev–Trinajstić information content (AvgIpc) is 2.59. The van der Waals surface area contributed by atoms with E-state index in [1.807, 2.05) is 37.5 Å². The smallest absolute Gasteiger partial charge is 0.191 e. The molecule has 0 amide bonds. The highest BCUT2D eigenvalue weighted by atomic mass is 16.5. The maximum atomic E-state index is 5.93. The van der Waals surface area contributed by atoms with E-state index in [1.54, 1.807) is 7.05 Å². The lowest BCUT2D eigenvalue weighted by Gasteiger charge is -2.18. The van der Waals surface area contributed by atoms with E-state index < -0.39 is 0 Å². The molecule has 2 rings (SSSR count). The van der Waals surface area contributed by atoms with Crippen LogP contribution >= 0.6 is 0 Å². The third kappa shape index (κ3) is 6.45. The van der Waals surface area contributed by atoms with Gasteiger partial charge in [0.15, 0.2) is 5.96 Å². The zero-order valence-electron chi connectivity index (χ0n) is 15.5. The van der Waals surface area contributed by atoms with Crippen molar-refractivity contribution >= 4 is 5.96 Å². The Bertz CT molecular complexity index is 700. The van der Waals surface area contributed by atoms with E-state index in [0.29, 0.717) is 6.54 Å². The van der Waals surface area contributed by atoms with Crippen molar-refractivity contribution in [2.75, 3.05) is 20.1 Å². The summed E-state index contributed by atoms with van der Waals surface area (Å²) in [5, 5.41) is 6.64. The number of nitrogens with zero attached hydrogens (tertiary/aromatic N) is 2. The molecule has 5 nitrogen and oxygen atoms in total. The Kier molecular flexibility index (Phi) is 7.26. The van der Waals surface area contributed by atoms with Crippen LogP contribution in [0.2, 0.25) is 0 Å². The van der Waals surface area contributed by atoms with Gasteiger partial charge in [-0.1, -0.05) is 12.1 Å². The molecule has 2 N–H and O–H groups in total. The van der Waals surface area contributed by atoms with Crippen LogP contribution in [-0.2, 0) is 6.42 Å². The molecule has 0 aliphatic rings. The van der Waals surface area contributed by atoms with Gasteiger partial charge < -0.3 is 15.4 Å². The quantitative estimate of drug-likeness (QED) is 0.601. The van der Waals surface area contributed by atoms with Crippen LogP contribution < -0.4 is 15.4 Å². The van der Waals surface area contributed by atoms with Crippen LogP contribution in [0, 0.1) is 13.8 Å².